The van der Waals surface area contributed by atoms with Gasteiger partial charge in [-0.25, -0.2) is 4.98 Å². The van der Waals surface area contributed by atoms with Crippen LogP contribution < -0.4 is 4.74 Å². The number of nitrogens with zero attached hydrogens (tertiary/aromatic N) is 1. The highest BCUT2D eigenvalue weighted by Gasteiger charge is 2.36. The summed E-state index contributed by atoms with van der Waals surface area (Å²) in [6.07, 6.45) is -3.24. The molecule has 1 heterocycles. The van der Waals surface area contributed by atoms with Crippen molar-refractivity contribution in [2.45, 2.75) is 25.9 Å². The summed E-state index contributed by atoms with van der Waals surface area (Å²) in [5.74, 6) is -0.109. The summed E-state index contributed by atoms with van der Waals surface area (Å²) < 4.78 is 42.0. The molecule has 0 aliphatic heterocycles. The van der Waals surface area contributed by atoms with E-state index in [0.29, 0.717) is 0 Å². The summed E-state index contributed by atoms with van der Waals surface area (Å²) in [6, 6.07) is 1.38. The highest BCUT2D eigenvalue weighted by atomic mass is 19.4. The van der Waals surface area contributed by atoms with E-state index in [0.717, 1.165) is 5.56 Å². The van der Waals surface area contributed by atoms with Crippen molar-refractivity contribution in [2.24, 2.45) is 0 Å². The summed E-state index contributed by atoms with van der Waals surface area (Å²) in [7, 11) is 1.20. The van der Waals surface area contributed by atoms with Gasteiger partial charge in [-0.2, -0.15) is 13.2 Å². The minimum Gasteiger partial charge on any atom is -0.494 e. The first-order chi connectivity index (χ1) is 6.86. The minimum atomic E-state index is -4.47. The van der Waals surface area contributed by atoms with Crippen molar-refractivity contribution in [1.29, 1.82) is 0 Å². The lowest BCUT2D eigenvalue weighted by molar-refractivity contribution is -0.142. The summed E-state index contributed by atoms with van der Waals surface area (Å²) in [5.41, 5.74) is -0.255. The lowest BCUT2D eigenvalue weighted by atomic mass is 10.1. The Hall–Kier alpha value is -1.26. The molecule has 1 rings (SSSR count). The van der Waals surface area contributed by atoms with Crippen molar-refractivity contribution >= 4 is 0 Å². The topological polar surface area (TPSA) is 22.1 Å². The van der Waals surface area contributed by atoms with Gasteiger partial charge in [0.25, 0.3) is 0 Å². The number of hydrogen-bond acceptors (Lipinski definition) is 2. The first-order valence-electron chi connectivity index (χ1n) is 4.47. The standard InChI is InChI=1S/C10H12F3NO/c1-6(2)7-4-8(15-3)9(14-5-7)10(11,12)13/h4-6H,1-3H3. The highest BCUT2D eigenvalue weighted by molar-refractivity contribution is 5.34. The average Bonchev–Trinajstić information content (AvgIpc) is 2.15. The molecule has 0 saturated heterocycles. The van der Waals surface area contributed by atoms with E-state index in [9.17, 15) is 13.2 Å². The van der Waals surface area contributed by atoms with Crippen molar-refractivity contribution < 1.29 is 17.9 Å². The molecule has 15 heavy (non-hydrogen) atoms. The van der Waals surface area contributed by atoms with Crippen LogP contribution in [-0.2, 0) is 6.18 Å². The van der Waals surface area contributed by atoms with Crippen LogP contribution >= 0.6 is 0 Å². The Balaban J connectivity index is 3.21. The van der Waals surface area contributed by atoms with Crippen molar-refractivity contribution in [3.63, 3.8) is 0 Å². The van der Waals surface area contributed by atoms with Crippen LogP contribution in [0.4, 0.5) is 13.2 Å². The molecule has 1 aromatic rings. The fourth-order valence-electron chi connectivity index (χ4n) is 1.14. The van der Waals surface area contributed by atoms with Crippen molar-refractivity contribution in [3.8, 4) is 5.75 Å². The van der Waals surface area contributed by atoms with E-state index >= 15 is 0 Å². The summed E-state index contributed by atoms with van der Waals surface area (Å²) in [4.78, 5) is 3.39. The maximum absolute atomic E-state index is 12.4. The third kappa shape index (κ3) is 2.61. The second-order valence-electron chi connectivity index (χ2n) is 3.47. The molecule has 84 valence electrons. The first-order valence-corrected chi connectivity index (χ1v) is 4.47. The zero-order chi connectivity index (χ0) is 11.6. The number of aromatic nitrogens is 1. The molecule has 0 saturated carbocycles. The van der Waals surface area contributed by atoms with Crippen molar-refractivity contribution in [3.05, 3.63) is 23.5 Å². The van der Waals surface area contributed by atoms with Gasteiger partial charge in [-0.15, -0.1) is 0 Å². The van der Waals surface area contributed by atoms with Crippen LogP contribution in [-0.4, -0.2) is 12.1 Å². The second kappa shape index (κ2) is 4.08. The van der Waals surface area contributed by atoms with Gasteiger partial charge < -0.3 is 4.74 Å². The molecule has 1 aromatic heterocycles. The van der Waals surface area contributed by atoms with Gasteiger partial charge in [-0.3, -0.25) is 0 Å². The fourth-order valence-corrected chi connectivity index (χ4v) is 1.14. The molecule has 0 fully saturated rings. The van der Waals surface area contributed by atoms with Gasteiger partial charge in [0.1, 0.15) is 5.75 Å². The van der Waals surface area contributed by atoms with E-state index in [1.54, 1.807) is 0 Å². The first kappa shape index (κ1) is 11.8. The lowest BCUT2D eigenvalue weighted by Crippen LogP contribution is -2.10. The van der Waals surface area contributed by atoms with E-state index in [-0.39, 0.29) is 11.7 Å². The van der Waals surface area contributed by atoms with E-state index < -0.39 is 11.9 Å². The zero-order valence-corrected chi connectivity index (χ0v) is 8.72. The van der Waals surface area contributed by atoms with Gasteiger partial charge in [-0.05, 0) is 17.5 Å². The summed E-state index contributed by atoms with van der Waals surface area (Å²) in [5, 5.41) is 0. The normalized spacial score (nSPS) is 11.9. The smallest absolute Gasteiger partial charge is 0.437 e. The molecule has 0 amide bonds. The maximum atomic E-state index is 12.4. The van der Waals surface area contributed by atoms with Crippen LogP contribution in [0.25, 0.3) is 0 Å². The molecule has 0 radical (unpaired) electrons. The molecule has 0 atom stereocenters. The lowest BCUT2D eigenvalue weighted by Gasteiger charge is -2.13. The predicted molar refractivity (Wildman–Crippen MR) is 49.9 cm³/mol. The molecule has 5 heteroatoms. The third-order valence-electron chi connectivity index (χ3n) is 2.03. The quantitative estimate of drug-likeness (QED) is 0.761. The molecule has 0 bridgehead atoms. The van der Waals surface area contributed by atoms with Crippen LogP contribution in [0, 0.1) is 0 Å². The van der Waals surface area contributed by atoms with E-state index in [2.05, 4.69) is 9.72 Å². The van der Waals surface area contributed by atoms with Gasteiger partial charge in [0, 0.05) is 6.20 Å². The molecule has 0 N–H and O–H groups in total. The van der Waals surface area contributed by atoms with Gasteiger partial charge in [0.05, 0.1) is 7.11 Å². The number of rotatable bonds is 2. The fraction of sp³-hybridized carbons (Fsp3) is 0.500. The Morgan fingerprint density at radius 1 is 1.33 bits per heavy atom. The second-order valence-corrected chi connectivity index (χ2v) is 3.47. The van der Waals surface area contributed by atoms with Gasteiger partial charge in [-0.1, -0.05) is 13.8 Å². The Bertz CT molecular complexity index is 347. The third-order valence-corrected chi connectivity index (χ3v) is 2.03. The van der Waals surface area contributed by atoms with Gasteiger partial charge in [0.2, 0.25) is 0 Å². The Labute approximate surface area is 86.1 Å². The van der Waals surface area contributed by atoms with Crippen LogP contribution in [0.1, 0.15) is 31.0 Å². The Morgan fingerprint density at radius 2 is 1.93 bits per heavy atom. The van der Waals surface area contributed by atoms with Crippen LogP contribution in [0.2, 0.25) is 0 Å². The number of hydrogen-bond donors (Lipinski definition) is 0. The Morgan fingerprint density at radius 3 is 2.33 bits per heavy atom. The van der Waals surface area contributed by atoms with E-state index in [1.807, 2.05) is 13.8 Å². The van der Waals surface area contributed by atoms with Crippen LogP contribution in [0.5, 0.6) is 5.75 Å². The van der Waals surface area contributed by atoms with Crippen molar-refractivity contribution in [2.75, 3.05) is 7.11 Å². The number of pyridine rings is 1. The molecule has 0 spiro atoms. The number of alkyl halides is 3. The SMILES string of the molecule is COc1cc(C(C)C)cnc1C(F)(F)F. The maximum Gasteiger partial charge on any atom is 0.437 e. The largest absolute Gasteiger partial charge is 0.494 e. The Kier molecular flexibility index (Phi) is 3.21. The van der Waals surface area contributed by atoms with Crippen LogP contribution in [0.15, 0.2) is 12.3 Å². The highest BCUT2D eigenvalue weighted by Crippen LogP contribution is 2.35. The molecule has 2 nitrogen and oxygen atoms in total. The van der Waals surface area contributed by atoms with Gasteiger partial charge in [0.15, 0.2) is 5.69 Å². The predicted octanol–water partition coefficient (Wildman–Crippen LogP) is 3.23. The molecule has 0 aliphatic carbocycles. The molecule has 0 aliphatic rings. The number of ether oxygens (including phenoxy) is 1. The molecular formula is C10H12F3NO. The summed E-state index contributed by atoms with van der Waals surface area (Å²) in [6.45, 7) is 3.76. The minimum absolute atomic E-state index is 0.119. The number of halogens is 3. The number of methoxy groups -OCH3 is 1. The molecule has 0 aromatic carbocycles. The van der Waals surface area contributed by atoms with E-state index in [1.165, 1.54) is 19.4 Å². The average molecular weight is 219 g/mol. The summed E-state index contributed by atoms with van der Waals surface area (Å²) >= 11 is 0. The van der Waals surface area contributed by atoms with E-state index in [4.69, 9.17) is 0 Å². The zero-order valence-electron chi connectivity index (χ0n) is 8.72. The molecular weight excluding hydrogens is 207 g/mol. The van der Waals surface area contributed by atoms with Crippen molar-refractivity contribution in [1.82, 2.24) is 4.98 Å². The monoisotopic (exact) mass is 219 g/mol. The molecule has 0 unspecified atom stereocenters. The van der Waals surface area contributed by atoms with Gasteiger partial charge >= 0.3 is 6.18 Å². The van der Waals surface area contributed by atoms with Crippen LogP contribution in [0.3, 0.4) is 0 Å².